The number of hydrogen-bond donors (Lipinski definition) is 2. The van der Waals surface area contributed by atoms with Crippen LogP contribution in [0.2, 0.25) is 0 Å². The molecular formula is C26H37NO6. The summed E-state index contributed by atoms with van der Waals surface area (Å²) in [5.41, 5.74) is -0.670. The van der Waals surface area contributed by atoms with Crippen LogP contribution in [-0.4, -0.2) is 40.9 Å². The van der Waals surface area contributed by atoms with Gasteiger partial charge in [0.2, 0.25) is 5.91 Å². The molecule has 4 aliphatic carbocycles. The number of hydrogen-bond acceptors (Lipinski definition) is 5. The van der Waals surface area contributed by atoms with Gasteiger partial charge >= 0.3 is 5.97 Å². The van der Waals surface area contributed by atoms with E-state index in [0.717, 1.165) is 19.3 Å². The van der Waals surface area contributed by atoms with E-state index in [-0.39, 0.29) is 77.1 Å². The Labute approximate surface area is 195 Å². The molecule has 0 spiro atoms. The van der Waals surface area contributed by atoms with Crippen LogP contribution < -0.4 is 5.32 Å². The van der Waals surface area contributed by atoms with Gasteiger partial charge in [0.05, 0.1) is 0 Å². The highest BCUT2D eigenvalue weighted by Crippen LogP contribution is 2.66. The summed E-state index contributed by atoms with van der Waals surface area (Å²) >= 11 is 0. The largest absolute Gasteiger partial charge is 0.480 e. The molecule has 8 unspecified atom stereocenters. The first kappa shape index (κ1) is 24.1. The van der Waals surface area contributed by atoms with E-state index in [1.807, 2.05) is 0 Å². The lowest BCUT2D eigenvalue weighted by atomic mass is 9.44. The Hall–Kier alpha value is -2.05. The molecule has 7 heteroatoms. The normalized spacial score (nSPS) is 41.1. The number of ketones is 3. The molecule has 0 radical (unpaired) electrons. The Kier molecular flexibility index (Phi) is 6.29. The number of carbonyl (C=O) groups excluding carboxylic acids is 4. The Morgan fingerprint density at radius 1 is 1.09 bits per heavy atom. The molecule has 8 atom stereocenters. The standard InChI is InChI=1S/C26H37NO6/c1-14(4-7-22(31)27-13-23(32)33)17-5-6-18-24-19(12-21(30)26(17,18)3)25(2)9-8-16(28)10-15(25)11-20(24)29/h14-15,17-19,24H,4-13H2,1-3H3,(H,27,31)(H,32,33). The molecule has 7 nitrogen and oxygen atoms in total. The van der Waals surface area contributed by atoms with Crippen molar-refractivity contribution in [2.45, 2.75) is 78.6 Å². The molecular weight excluding hydrogens is 422 g/mol. The minimum absolute atomic E-state index is 0.0401. The number of carbonyl (C=O) groups is 5. The summed E-state index contributed by atoms with van der Waals surface area (Å²) in [6.45, 7) is 5.97. The fourth-order valence-corrected chi connectivity index (χ4v) is 8.21. The molecule has 2 N–H and O–H groups in total. The quantitative estimate of drug-likeness (QED) is 0.630. The van der Waals surface area contributed by atoms with Crippen molar-refractivity contribution < 1.29 is 29.1 Å². The maximum atomic E-state index is 13.7. The SMILES string of the molecule is CC(CCC(=O)NCC(=O)O)C1CCC2C3C(=O)CC4CC(=O)CCC4(C)C3CC(=O)C12C. The van der Waals surface area contributed by atoms with Crippen molar-refractivity contribution >= 4 is 29.2 Å². The number of carboxylic acids is 1. The number of amides is 1. The third kappa shape index (κ3) is 3.95. The van der Waals surface area contributed by atoms with Crippen LogP contribution >= 0.6 is 0 Å². The molecule has 4 aliphatic rings. The number of rotatable bonds is 6. The van der Waals surface area contributed by atoms with Crippen LogP contribution in [0.5, 0.6) is 0 Å². The molecule has 0 aromatic carbocycles. The zero-order valence-electron chi connectivity index (χ0n) is 20.0. The first-order chi connectivity index (χ1) is 15.5. The maximum absolute atomic E-state index is 13.7. The number of fused-ring (bicyclic) bond motifs is 5. The molecule has 0 heterocycles. The van der Waals surface area contributed by atoms with Crippen molar-refractivity contribution in [3.8, 4) is 0 Å². The summed E-state index contributed by atoms with van der Waals surface area (Å²) < 4.78 is 0. The Bertz CT molecular complexity index is 882. The number of Topliss-reactive ketones (excluding diaryl/α,β-unsaturated/α-hetero) is 3. The van der Waals surface area contributed by atoms with Crippen molar-refractivity contribution in [1.29, 1.82) is 0 Å². The molecule has 0 aliphatic heterocycles. The minimum atomic E-state index is -1.07. The van der Waals surface area contributed by atoms with Crippen LogP contribution in [-0.2, 0) is 24.0 Å². The lowest BCUT2D eigenvalue weighted by molar-refractivity contribution is -0.166. The average Bonchev–Trinajstić information content (AvgIpc) is 3.11. The minimum Gasteiger partial charge on any atom is -0.480 e. The predicted molar refractivity (Wildman–Crippen MR) is 120 cm³/mol. The van der Waals surface area contributed by atoms with Gasteiger partial charge in [-0.2, -0.15) is 0 Å². The third-order valence-corrected chi connectivity index (χ3v) is 10.2. The molecule has 33 heavy (non-hydrogen) atoms. The monoisotopic (exact) mass is 459 g/mol. The molecule has 1 amide bonds. The first-order valence-corrected chi connectivity index (χ1v) is 12.5. The maximum Gasteiger partial charge on any atom is 0.322 e. The molecule has 0 bridgehead atoms. The van der Waals surface area contributed by atoms with Crippen molar-refractivity contribution in [3.05, 3.63) is 0 Å². The molecule has 4 rings (SSSR count). The highest BCUT2D eigenvalue weighted by Gasteiger charge is 2.66. The van der Waals surface area contributed by atoms with Crippen LogP contribution in [0.15, 0.2) is 0 Å². The van der Waals surface area contributed by atoms with Gasteiger partial charge in [-0.05, 0) is 60.7 Å². The predicted octanol–water partition coefficient (Wildman–Crippen LogP) is 3.19. The second kappa shape index (κ2) is 8.62. The summed E-state index contributed by atoms with van der Waals surface area (Å²) in [7, 11) is 0. The molecule has 4 fully saturated rings. The van der Waals surface area contributed by atoms with Gasteiger partial charge in [-0.15, -0.1) is 0 Å². The lowest BCUT2D eigenvalue weighted by Crippen LogP contribution is -2.60. The van der Waals surface area contributed by atoms with Gasteiger partial charge < -0.3 is 10.4 Å². The second-order valence-corrected chi connectivity index (χ2v) is 11.6. The highest BCUT2D eigenvalue weighted by atomic mass is 16.4. The molecule has 4 saturated carbocycles. The third-order valence-electron chi connectivity index (χ3n) is 10.2. The first-order valence-electron chi connectivity index (χ1n) is 12.5. The number of aliphatic carboxylic acids is 1. The van der Waals surface area contributed by atoms with E-state index >= 15 is 0 Å². The van der Waals surface area contributed by atoms with Gasteiger partial charge in [0, 0.05) is 43.4 Å². The van der Waals surface area contributed by atoms with Crippen LogP contribution in [0, 0.1) is 46.3 Å². The average molecular weight is 460 g/mol. The lowest BCUT2D eigenvalue weighted by Gasteiger charge is -2.58. The zero-order valence-corrected chi connectivity index (χ0v) is 20.0. The van der Waals surface area contributed by atoms with Crippen LogP contribution in [0.3, 0.4) is 0 Å². The van der Waals surface area contributed by atoms with Gasteiger partial charge in [0.25, 0.3) is 0 Å². The summed E-state index contributed by atoms with van der Waals surface area (Å²) in [4.78, 5) is 61.9. The van der Waals surface area contributed by atoms with E-state index < -0.39 is 11.4 Å². The number of carboxylic acid groups (broad SMARTS) is 1. The second-order valence-electron chi connectivity index (χ2n) is 11.6. The Balaban J connectivity index is 1.51. The van der Waals surface area contributed by atoms with E-state index in [1.165, 1.54) is 0 Å². The summed E-state index contributed by atoms with van der Waals surface area (Å²) in [5, 5.41) is 11.1. The van der Waals surface area contributed by atoms with Gasteiger partial charge in [-0.3, -0.25) is 24.0 Å². The fraction of sp³-hybridized carbons (Fsp3) is 0.808. The molecule has 0 aromatic heterocycles. The smallest absolute Gasteiger partial charge is 0.322 e. The highest BCUT2D eigenvalue weighted by molar-refractivity contribution is 5.93. The number of nitrogens with one attached hydrogen (secondary N) is 1. The fourth-order valence-electron chi connectivity index (χ4n) is 8.21. The van der Waals surface area contributed by atoms with Gasteiger partial charge in [-0.1, -0.05) is 20.8 Å². The van der Waals surface area contributed by atoms with Gasteiger partial charge in [0.1, 0.15) is 23.9 Å². The molecule has 0 aromatic rings. The molecule has 0 saturated heterocycles. The van der Waals surface area contributed by atoms with Gasteiger partial charge in [0.15, 0.2) is 0 Å². The Morgan fingerprint density at radius 3 is 2.52 bits per heavy atom. The van der Waals surface area contributed by atoms with Crippen LogP contribution in [0.25, 0.3) is 0 Å². The van der Waals surface area contributed by atoms with E-state index in [1.54, 1.807) is 0 Å². The van der Waals surface area contributed by atoms with Crippen LogP contribution in [0.4, 0.5) is 0 Å². The zero-order chi connectivity index (χ0) is 24.1. The summed E-state index contributed by atoms with van der Waals surface area (Å²) in [6.07, 6.45) is 5.27. The summed E-state index contributed by atoms with van der Waals surface area (Å²) in [6, 6.07) is 0. The van der Waals surface area contributed by atoms with Crippen molar-refractivity contribution in [3.63, 3.8) is 0 Å². The Morgan fingerprint density at radius 2 is 1.82 bits per heavy atom. The van der Waals surface area contributed by atoms with E-state index in [2.05, 4.69) is 26.1 Å². The van der Waals surface area contributed by atoms with E-state index in [0.29, 0.717) is 32.1 Å². The van der Waals surface area contributed by atoms with E-state index in [4.69, 9.17) is 5.11 Å². The summed E-state index contributed by atoms with van der Waals surface area (Å²) in [5.74, 6) is -0.293. The molecule has 182 valence electrons. The van der Waals surface area contributed by atoms with Gasteiger partial charge in [-0.25, -0.2) is 0 Å². The topological polar surface area (TPSA) is 118 Å². The van der Waals surface area contributed by atoms with Crippen LogP contribution in [0.1, 0.15) is 78.6 Å². The van der Waals surface area contributed by atoms with Crippen molar-refractivity contribution in [1.82, 2.24) is 5.32 Å². The van der Waals surface area contributed by atoms with Crippen molar-refractivity contribution in [2.24, 2.45) is 46.3 Å². The van der Waals surface area contributed by atoms with Crippen molar-refractivity contribution in [2.75, 3.05) is 6.54 Å². The van der Waals surface area contributed by atoms with E-state index in [9.17, 15) is 24.0 Å².